The van der Waals surface area contributed by atoms with Gasteiger partial charge in [0.15, 0.2) is 0 Å². The zero-order valence-electron chi connectivity index (χ0n) is 10.8. The van der Waals surface area contributed by atoms with Crippen molar-refractivity contribution in [2.24, 2.45) is 0 Å². The van der Waals surface area contributed by atoms with Crippen molar-refractivity contribution in [1.82, 2.24) is 4.98 Å². The minimum absolute atomic E-state index is 0.0528. The number of non-ortho nitro benzene ring substituents is 1. The molecule has 6 nitrogen and oxygen atoms in total. The van der Waals surface area contributed by atoms with E-state index in [1.54, 1.807) is 31.2 Å². The molecule has 1 aromatic carbocycles. The Morgan fingerprint density at radius 3 is 2.85 bits per heavy atom. The minimum atomic E-state index is -0.498. The maximum atomic E-state index is 11.9. The lowest BCUT2D eigenvalue weighted by atomic mass is 10.1. The molecule has 6 heteroatoms. The van der Waals surface area contributed by atoms with Gasteiger partial charge in [0.25, 0.3) is 5.69 Å². The molecular weight excluding hydrogens is 260 g/mol. The fourth-order valence-corrected chi connectivity index (χ4v) is 1.78. The molecule has 2 aromatic rings. The molecule has 0 unspecified atom stereocenters. The zero-order chi connectivity index (χ0) is 14.5. The number of aromatic nitrogens is 1. The van der Waals surface area contributed by atoms with Crippen molar-refractivity contribution < 1.29 is 14.5 Å². The number of nitro benzene ring substituents is 1. The third-order valence-corrected chi connectivity index (χ3v) is 2.63. The van der Waals surface area contributed by atoms with Crippen LogP contribution in [0.4, 0.5) is 5.69 Å². The lowest BCUT2D eigenvalue weighted by Gasteiger charge is -2.07. The Balaban J connectivity index is 2.50. The molecule has 0 bridgehead atoms. The molecule has 0 atom stereocenters. The van der Waals surface area contributed by atoms with E-state index in [-0.39, 0.29) is 17.9 Å². The molecule has 1 heterocycles. The van der Waals surface area contributed by atoms with Gasteiger partial charge in [-0.1, -0.05) is 12.1 Å². The van der Waals surface area contributed by atoms with Gasteiger partial charge in [0, 0.05) is 23.9 Å². The second-order valence-electron chi connectivity index (χ2n) is 3.93. The maximum Gasteiger partial charge on any atom is 0.340 e. The van der Waals surface area contributed by atoms with Crippen LogP contribution < -0.4 is 0 Å². The van der Waals surface area contributed by atoms with Crippen LogP contribution in [-0.4, -0.2) is 22.5 Å². The SMILES string of the molecule is CCOC(=O)c1cccnc1-c1cccc([N+](=O)[O-])c1. The van der Waals surface area contributed by atoms with Crippen LogP contribution in [0.2, 0.25) is 0 Å². The average molecular weight is 272 g/mol. The maximum absolute atomic E-state index is 11.9. The Bertz CT molecular complexity index is 655. The van der Waals surface area contributed by atoms with Gasteiger partial charge < -0.3 is 4.74 Å². The number of nitrogens with zero attached hydrogens (tertiary/aromatic N) is 2. The standard InChI is InChI=1S/C14H12N2O4/c1-2-20-14(17)12-7-4-8-15-13(12)10-5-3-6-11(9-10)16(18)19/h3-9H,2H2,1H3. The predicted molar refractivity (Wildman–Crippen MR) is 72.3 cm³/mol. The van der Waals surface area contributed by atoms with Gasteiger partial charge in [-0.3, -0.25) is 15.1 Å². The Kier molecular flexibility index (Phi) is 4.05. The molecule has 0 saturated heterocycles. The van der Waals surface area contributed by atoms with Crippen molar-refractivity contribution >= 4 is 11.7 Å². The number of hydrogen-bond donors (Lipinski definition) is 0. The first-order valence-corrected chi connectivity index (χ1v) is 6.00. The highest BCUT2D eigenvalue weighted by Gasteiger charge is 2.16. The predicted octanol–water partition coefficient (Wildman–Crippen LogP) is 2.83. The van der Waals surface area contributed by atoms with Crippen molar-refractivity contribution in [2.75, 3.05) is 6.61 Å². The van der Waals surface area contributed by atoms with Gasteiger partial charge in [-0.15, -0.1) is 0 Å². The molecule has 0 aliphatic carbocycles. The fourth-order valence-electron chi connectivity index (χ4n) is 1.78. The number of ether oxygens (including phenoxy) is 1. The van der Waals surface area contributed by atoms with Gasteiger partial charge in [0.2, 0.25) is 0 Å². The van der Waals surface area contributed by atoms with Gasteiger partial charge in [-0.2, -0.15) is 0 Å². The van der Waals surface area contributed by atoms with E-state index < -0.39 is 10.9 Å². The third-order valence-electron chi connectivity index (χ3n) is 2.63. The van der Waals surface area contributed by atoms with E-state index in [2.05, 4.69) is 4.98 Å². The van der Waals surface area contributed by atoms with Crippen molar-refractivity contribution in [3.63, 3.8) is 0 Å². The van der Waals surface area contributed by atoms with E-state index >= 15 is 0 Å². The number of carbonyl (C=O) groups is 1. The smallest absolute Gasteiger partial charge is 0.340 e. The van der Waals surface area contributed by atoms with Crippen molar-refractivity contribution in [1.29, 1.82) is 0 Å². The zero-order valence-corrected chi connectivity index (χ0v) is 10.8. The van der Waals surface area contributed by atoms with E-state index in [0.29, 0.717) is 11.3 Å². The average Bonchev–Trinajstić information content (AvgIpc) is 2.47. The number of pyridine rings is 1. The fraction of sp³-hybridized carbons (Fsp3) is 0.143. The monoisotopic (exact) mass is 272 g/mol. The number of nitro groups is 1. The second-order valence-corrected chi connectivity index (χ2v) is 3.93. The highest BCUT2D eigenvalue weighted by Crippen LogP contribution is 2.25. The summed E-state index contributed by atoms with van der Waals surface area (Å²) in [5.41, 5.74) is 1.11. The van der Waals surface area contributed by atoms with Gasteiger partial charge in [-0.05, 0) is 19.1 Å². The van der Waals surface area contributed by atoms with Gasteiger partial charge in [0.1, 0.15) is 0 Å². The number of benzene rings is 1. The van der Waals surface area contributed by atoms with Gasteiger partial charge in [-0.25, -0.2) is 4.79 Å². The first-order chi connectivity index (χ1) is 9.63. The van der Waals surface area contributed by atoms with Crippen molar-refractivity contribution in [3.8, 4) is 11.3 Å². The van der Waals surface area contributed by atoms with E-state index in [9.17, 15) is 14.9 Å². The molecule has 0 aliphatic rings. The summed E-state index contributed by atoms with van der Waals surface area (Å²) >= 11 is 0. The normalized spacial score (nSPS) is 10.1. The molecule has 20 heavy (non-hydrogen) atoms. The summed E-state index contributed by atoms with van der Waals surface area (Å²) in [7, 11) is 0. The van der Waals surface area contributed by atoms with Crippen LogP contribution in [0.15, 0.2) is 42.6 Å². The summed E-state index contributed by atoms with van der Waals surface area (Å²) in [5, 5.41) is 10.8. The Hall–Kier alpha value is -2.76. The third kappa shape index (κ3) is 2.80. The molecule has 102 valence electrons. The molecule has 0 saturated carbocycles. The van der Waals surface area contributed by atoms with Crippen LogP contribution in [0.25, 0.3) is 11.3 Å². The molecule has 0 amide bonds. The molecule has 0 aliphatic heterocycles. The number of rotatable bonds is 4. The van der Waals surface area contributed by atoms with Crippen LogP contribution in [-0.2, 0) is 4.74 Å². The summed E-state index contributed by atoms with van der Waals surface area (Å²) < 4.78 is 4.95. The molecule has 0 N–H and O–H groups in total. The Morgan fingerprint density at radius 1 is 1.35 bits per heavy atom. The van der Waals surface area contributed by atoms with Crippen LogP contribution in [0, 0.1) is 10.1 Å². The topological polar surface area (TPSA) is 82.3 Å². The Labute approximate surface area is 115 Å². The molecular formula is C14H12N2O4. The molecule has 2 rings (SSSR count). The van der Waals surface area contributed by atoms with E-state index in [1.807, 2.05) is 0 Å². The number of carbonyl (C=O) groups excluding carboxylic acids is 1. The minimum Gasteiger partial charge on any atom is -0.462 e. The number of hydrogen-bond acceptors (Lipinski definition) is 5. The van der Waals surface area contributed by atoms with Crippen LogP contribution in [0.1, 0.15) is 17.3 Å². The summed E-state index contributed by atoms with van der Waals surface area (Å²) in [6.45, 7) is 1.96. The van der Waals surface area contributed by atoms with E-state index in [4.69, 9.17) is 4.74 Å². The first kappa shape index (κ1) is 13.7. The summed E-state index contributed by atoms with van der Waals surface area (Å²) in [4.78, 5) is 26.3. The van der Waals surface area contributed by atoms with E-state index in [1.165, 1.54) is 18.3 Å². The summed E-state index contributed by atoms with van der Waals surface area (Å²) in [5.74, 6) is -0.498. The van der Waals surface area contributed by atoms with E-state index in [0.717, 1.165) is 0 Å². The molecule has 0 fully saturated rings. The second kappa shape index (κ2) is 5.92. The van der Waals surface area contributed by atoms with Crippen LogP contribution in [0.5, 0.6) is 0 Å². The molecule has 0 radical (unpaired) electrons. The quantitative estimate of drug-likeness (QED) is 0.485. The molecule has 0 spiro atoms. The lowest BCUT2D eigenvalue weighted by Crippen LogP contribution is -2.07. The number of esters is 1. The first-order valence-electron chi connectivity index (χ1n) is 6.00. The van der Waals surface area contributed by atoms with Gasteiger partial charge >= 0.3 is 5.97 Å². The molecule has 1 aromatic heterocycles. The summed E-state index contributed by atoms with van der Waals surface area (Å²) in [6.07, 6.45) is 1.52. The largest absolute Gasteiger partial charge is 0.462 e. The van der Waals surface area contributed by atoms with Crippen LogP contribution >= 0.6 is 0 Å². The van der Waals surface area contributed by atoms with Crippen molar-refractivity contribution in [3.05, 3.63) is 58.3 Å². The van der Waals surface area contributed by atoms with Crippen LogP contribution in [0.3, 0.4) is 0 Å². The highest BCUT2D eigenvalue weighted by molar-refractivity contribution is 5.96. The summed E-state index contributed by atoms with van der Waals surface area (Å²) in [6, 6.07) is 9.18. The lowest BCUT2D eigenvalue weighted by molar-refractivity contribution is -0.384. The Morgan fingerprint density at radius 2 is 2.15 bits per heavy atom. The van der Waals surface area contributed by atoms with Crippen molar-refractivity contribution in [2.45, 2.75) is 6.92 Å². The highest BCUT2D eigenvalue weighted by atomic mass is 16.6. The van der Waals surface area contributed by atoms with Gasteiger partial charge in [0.05, 0.1) is 22.8 Å².